The van der Waals surface area contributed by atoms with Crippen molar-refractivity contribution < 1.29 is 50.4 Å². The Bertz CT molecular complexity index is 1000. The Morgan fingerprint density at radius 2 is 1.00 bits per heavy atom. The lowest BCUT2D eigenvalue weighted by molar-refractivity contribution is 0.360. The van der Waals surface area contributed by atoms with Gasteiger partial charge in [-0.05, 0) is 0 Å². The number of hydrogen-bond donors (Lipinski definition) is 4. The summed E-state index contributed by atoms with van der Waals surface area (Å²) in [6.45, 7) is 0. The highest BCUT2D eigenvalue weighted by molar-refractivity contribution is 7.86. The lowest BCUT2D eigenvalue weighted by Gasteiger charge is -2.15. The van der Waals surface area contributed by atoms with Crippen molar-refractivity contribution in [2.75, 3.05) is 14.2 Å². The van der Waals surface area contributed by atoms with Crippen LogP contribution in [0.5, 0.6) is 34.5 Å². The summed E-state index contributed by atoms with van der Waals surface area (Å²) in [5, 5.41) is 19.6. The van der Waals surface area contributed by atoms with Crippen LogP contribution in [0, 0.1) is 0 Å². The van der Waals surface area contributed by atoms with Crippen LogP contribution in [-0.2, 0) is 20.2 Å². The zero-order valence-corrected chi connectivity index (χ0v) is 15.4. The topological polar surface area (TPSA) is 177 Å². The fourth-order valence-corrected chi connectivity index (χ4v) is 3.29. The molecule has 0 aliphatic carbocycles. The first-order chi connectivity index (χ1) is 12.4. The maximum Gasteiger partial charge on any atom is 0.298 e. The average molecular weight is 422 g/mol. The van der Waals surface area contributed by atoms with E-state index in [0.29, 0.717) is 0 Å². The van der Waals surface area contributed by atoms with Crippen molar-refractivity contribution in [1.29, 1.82) is 0 Å². The summed E-state index contributed by atoms with van der Waals surface area (Å²) in [7, 11) is -7.53. The maximum atomic E-state index is 11.6. The van der Waals surface area contributed by atoms with E-state index < -0.39 is 53.0 Å². The highest BCUT2D eigenvalue weighted by Gasteiger charge is 2.26. The van der Waals surface area contributed by atoms with Crippen LogP contribution in [0.1, 0.15) is 0 Å². The van der Waals surface area contributed by atoms with Crippen molar-refractivity contribution in [2.45, 2.75) is 9.79 Å². The lowest BCUT2D eigenvalue weighted by atomic mass is 10.2. The fraction of sp³-hybridized carbons (Fsp3) is 0.143. The van der Waals surface area contributed by atoms with Crippen molar-refractivity contribution in [2.24, 2.45) is 0 Å². The molecule has 0 aliphatic rings. The quantitative estimate of drug-likeness (QED) is 0.495. The second-order valence-corrected chi connectivity index (χ2v) is 7.77. The molecule has 2 aromatic rings. The second kappa shape index (κ2) is 7.11. The third-order valence-electron chi connectivity index (χ3n) is 3.27. The Labute approximate surface area is 153 Å². The van der Waals surface area contributed by atoms with E-state index >= 15 is 0 Å². The maximum absolute atomic E-state index is 11.6. The van der Waals surface area contributed by atoms with Crippen LogP contribution in [0.15, 0.2) is 34.1 Å². The second-order valence-electron chi connectivity index (χ2n) is 4.99. The molecule has 0 bridgehead atoms. The molecule has 0 fully saturated rings. The van der Waals surface area contributed by atoms with Crippen LogP contribution < -0.4 is 14.2 Å². The van der Waals surface area contributed by atoms with E-state index in [0.717, 1.165) is 38.5 Å². The molecular formula is C14H14O11S2. The fourth-order valence-electron chi connectivity index (χ4n) is 2.07. The summed E-state index contributed by atoms with van der Waals surface area (Å²) in [5.41, 5.74) is 0. The van der Waals surface area contributed by atoms with Crippen LogP contribution in [0.4, 0.5) is 0 Å². The molecule has 11 nitrogen and oxygen atoms in total. The highest BCUT2D eigenvalue weighted by atomic mass is 32.2. The SMILES string of the molecule is COc1cc(S(=O)(=O)O)c(Oc2cc(O)c(OC)cc2S(=O)(=O)O)cc1O. The van der Waals surface area contributed by atoms with E-state index in [-0.39, 0.29) is 11.5 Å². The number of ether oxygens (including phenoxy) is 3. The van der Waals surface area contributed by atoms with Crippen LogP contribution in [0.3, 0.4) is 0 Å². The van der Waals surface area contributed by atoms with E-state index in [4.69, 9.17) is 14.2 Å². The minimum Gasteiger partial charge on any atom is -0.504 e. The van der Waals surface area contributed by atoms with Gasteiger partial charge < -0.3 is 24.4 Å². The first-order valence-electron chi connectivity index (χ1n) is 6.83. The summed E-state index contributed by atoms with van der Waals surface area (Å²) in [5.74, 6) is -3.22. The molecule has 0 saturated carbocycles. The number of phenolic OH excluding ortho intramolecular Hbond substituents is 2. The van der Waals surface area contributed by atoms with Gasteiger partial charge in [0.15, 0.2) is 34.5 Å². The standard InChI is InChI=1S/C14H14O11S2/c1-23-9-5-13(26(17,18)19)11(3-7(9)15)25-12-4-8(16)10(24-2)6-14(12)27(20,21)22/h3-6,15-16H,1-2H3,(H,17,18,19)(H,20,21,22). The molecule has 0 saturated heterocycles. The first-order valence-corrected chi connectivity index (χ1v) is 9.71. The Kier molecular flexibility index (Phi) is 5.42. The van der Waals surface area contributed by atoms with Gasteiger partial charge in [-0.3, -0.25) is 9.11 Å². The molecule has 0 radical (unpaired) electrons. The number of phenols is 2. The van der Waals surface area contributed by atoms with Crippen molar-refractivity contribution in [3.8, 4) is 34.5 Å². The Morgan fingerprint density at radius 1 is 0.667 bits per heavy atom. The molecule has 148 valence electrons. The van der Waals surface area contributed by atoms with Gasteiger partial charge in [-0.15, -0.1) is 0 Å². The van der Waals surface area contributed by atoms with Gasteiger partial charge in [0.2, 0.25) is 0 Å². The Hall–Kier alpha value is -2.74. The predicted molar refractivity (Wildman–Crippen MR) is 89.0 cm³/mol. The van der Waals surface area contributed by atoms with Crippen LogP contribution >= 0.6 is 0 Å². The van der Waals surface area contributed by atoms with Gasteiger partial charge in [-0.1, -0.05) is 0 Å². The van der Waals surface area contributed by atoms with Crippen LogP contribution in [0.2, 0.25) is 0 Å². The highest BCUT2D eigenvalue weighted by Crippen LogP contribution is 2.42. The van der Waals surface area contributed by atoms with E-state index in [9.17, 15) is 36.2 Å². The average Bonchev–Trinajstić information content (AvgIpc) is 2.52. The number of hydrogen-bond acceptors (Lipinski definition) is 9. The zero-order chi connectivity index (χ0) is 20.6. The van der Waals surface area contributed by atoms with Gasteiger partial charge in [0, 0.05) is 24.3 Å². The molecule has 0 spiro atoms. The molecule has 0 heterocycles. The third kappa shape index (κ3) is 4.33. The van der Waals surface area contributed by atoms with Gasteiger partial charge in [0.05, 0.1) is 14.2 Å². The summed E-state index contributed by atoms with van der Waals surface area (Å²) in [4.78, 5) is -1.73. The van der Waals surface area contributed by atoms with E-state index in [2.05, 4.69) is 0 Å². The van der Waals surface area contributed by atoms with E-state index in [1.807, 2.05) is 0 Å². The molecule has 27 heavy (non-hydrogen) atoms. The molecule has 2 rings (SSSR count). The van der Waals surface area contributed by atoms with Crippen molar-refractivity contribution in [3.05, 3.63) is 24.3 Å². The van der Waals surface area contributed by atoms with Crippen molar-refractivity contribution >= 4 is 20.2 Å². The molecule has 0 amide bonds. The molecule has 0 aliphatic heterocycles. The monoisotopic (exact) mass is 422 g/mol. The summed E-state index contributed by atoms with van der Waals surface area (Å²) in [6, 6.07) is 2.93. The predicted octanol–water partition coefficient (Wildman–Crippen LogP) is 1.40. The van der Waals surface area contributed by atoms with E-state index in [1.165, 1.54) is 0 Å². The molecule has 0 aromatic heterocycles. The van der Waals surface area contributed by atoms with Crippen molar-refractivity contribution in [3.63, 3.8) is 0 Å². The molecule has 0 atom stereocenters. The van der Waals surface area contributed by atoms with Gasteiger partial charge in [0.1, 0.15) is 9.79 Å². The van der Waals surface area contributed by atoms with Crippen LogP contribution in [-0.4, -0.2) is 50.4 Å². The Balaban J connectivity index is 2.74. The number of rotatable bonds is 6. The van der Waals surface area contributed by atoms with Gasteiger partial charge in [0.25, 0.3) is 20.2 Å². The van der Waals surface area contributed by atoms with Gasteiger partial charge in [-0.25, -0.2) is 0 Å². The molecule has 2 aromatic carbocycles. The smallest absolute Gasteiger partial charge is 0.298 e. The van der Waals surface area contributed by atoms with Gasteiger partial charge in [-0.2, -0.15) is 16.8 Å². The van der Waals surface area contributed by atoms with Crippen LogP contribution in [0.25, 0.3) is 0 Å². The lowest BCUT2D eigenvalue weighted by Crippen LogP contribution is -2.05. The van der Waals surface area contributed by atoms with Crippen molar-refractivity contribution in [1.82, 2.24) is 0 Å². The zero-order valence-electron chi connectivity index (χ0n) is 13.8. The van der Waals surface area contributed by atoms with E-state index in [1.54, 1.807) is 0 Å². The third-order valence-corrected chi connectivity index (χ3v) is 5.02. The summed E-state index contributed by atoms with van der Waals surface area (Å²) >= 11 is 0. The summed E-state index contributed by atoms with van der Waals surface area (Å²) < 4.78 is 79.6. The van der Waals surface area contributed by atoms with Gasteiger partial charge >= 0.3 is 0 Å². The normalized spacial score (nSPS) is 11.9. The number of aromatic hydroxyl groups is 2. The molecular weight excluding hydrogens is 408 g/mol. The minimum absolute atomic E-state index is 0.317. The molecule has 13 heteroatoms. The first kappa shape index (κ1) is 20.6. The Morgan fingerprint density at radius 3 is 1.26 bits per heavy atom. The number of methoxy groups -OCH3 is 2. The minimum atomic E-state index is -4.89. The summed E-state index contributed by atoms with van der Waals surface area (Å²) in [6.07, 6.45) is 0. The molecule has 4 N–H and O–H groups in total. The largest absolute Gasteiger partial charge is 0.504 e. The molecule has 0 unspecified atom stereocenters. The number of benzene rings is 2.